The summed E-state index contributed by atoms with van der Waals surface area (Å²) in [7, 11) is 1.53. The summed E-state index contributed by atoms with van der Waals surface area (Å²) < 4.78 is 11.3. The van der Waals surface area contributed by atoms with Crippen molar-refractivity contribution in [3.8, 4) is 0 Å². The molecule has 0 fully saturated rings. The molecule has 0 N–H and O–H groups in total. The molecule has 1 unspecified atom stereocenters. The smallest absolute Gasteiger partial charge is 0.291 e. The lowest BCUT2D eigenvalue weighted by Gasteiger charge is -2.34. The molecule has 2 aromatic carbocycles. The molecule has 0 radical (unpaired) electrons. The van der Waals surface area contributed by atoms with Crippen molar-refractivity contribution in [3.05, 3.63) is 87.3 Å². The molecule has 1 atom stereocenters. The van der Waals surface area contributed by atoms with E-state index in [1.807, 2.05) is 26.0 Å². The molecule has 33 heavy (non-hydrogen) atoms. The van der Waals surface area contributed by atoms with Gasteiger partial charge in [-0.25, -0.2) is 0 Å². The number of anilines is 1. The predicted octanol–water partition coefficient (Wildman–Crippen LogP) is 3.29. The number of benzene rings is 2. The fourth-order valence-electron chi connectivity index (χ4n) is 5.04. The van der Waals surface area contributed by atoms with Crippen LogP contribution in [-0.2, 0) is 15.1 Å². The van der Waals surface area contributed by atoms with E-state index in [0.717, 1.165) is 11.1 Å². The molecule has 5 rings (SSSR count). The number of para-hydroxylation sites is 1. The van der Waals surface area contributed by atoms with Crippen LogP contribution in [0.4, 0.5) is 5.69 Å². The maximum atomic E-state index is 14.1. The molecule has 0 saturated carbocycles. The highest BCUT2D eigenvalue weighted by Gasteiger charge is 2.64. The summed E-state index contributed by atoms with van der Waals surface area (Å²) in [5.41, 5.74) is 1.52. The van der Waals surface area contributed by atoms with Gasteiger partial charge in [0.1, 0.15) is 5.58 Å². The van der Waals surface area contributed by atoms with Crippen molar-refractivity contribution >= 4 is 28.5 Å². The Balaban J connectivity index is 1.91. The van der Waals surface area contributed by atoms with Gasteiger partial charge in [0.15, 0.2) is 11.0 Å². The van der Waals surface area contributed by atoms with E-state index in [2.05, 4.69) is 6.58 Å². The van der Waals surface area contributed by atoms with E-state index in [0.29, 0.717) is 22.2 Å². The Morgan fingerprint density at radius 2 is 1.85 bits per heavy atom. The third-order valence-corrected chi connectivity index (χ3v) is 6.68. The van der Waals surface area contributed by atoms with Gasteiger partial charge in [0.2, 0.25) is 5.76 Å². The fraction of sp³-hybridized carbons (Fsp3) is 0.269. The van der Waals surface area contributed by atoms with Gasteiger partial charge in [0, 0.05) is 25.8 Å². The molecule has 2 amide bonds. The molecule has 0 bridgehead atoms. The zero-order chi connectivity index (χ0) is 23.5. The first kappa shape index (κ1) is 21.2. The molecular formula is C26H24N2O5. The van der Waals surface area contributed by atoms with Gasteiger partial charge >= 0.3 is 0 Å². The molecule has 7 nitrogen and oxygen atoms in total. The van der Waals surface area contributed by atoms with Gasteiger partial charge in [-0.1, -0.05) is 24.3 Å². The minimum atomic E-state index is -1.61. The van der Waals surface area contributed by atoms with E-state index in [1.54, 1.807) is 35.2 Å². The summed E-state index contributed by atoms with van der Waals surface area (Å²) in [5.74, 6) is -0.958. The Morgan fingerprint density at radius 1 is 1.12 bits per heavy atom. The van der Waals surface area contributed by atoms with Crippen molar-refractivity contribution in [1.82, 2.24) is 4.90 Å². The predicted molar refractivity (Wildman–Crippen MR) is 125 cm³/mol. The zero-order valence-corrected chi connectivity index (χ0v) is 18.8. The van der Waals surface area contributed by atoms with Crippen LogP contribution in [0.5, 0.6) is 0 Å². The molecule has 1 aromatic heterocycles. The van der Waals surface area contributed by atoms with E-state index in [9.17, 15) is 14.4 Å². The molecule has 3 heterocycles. The summed E-state index contributed by atoms with van der Waals surface area (Å²) in [4.78, 5) is 44.8. The van der Waals surface area contributed by atoms with Crippen molar-refractivity contribution in [2.24, 2.45) is 0 Å². The van der Waals surface area contributed by atoms with E-state index >= 15 is 0 Å². The van der Waals surface area contributed by atoms with Crippen LogP contribution in [0.2, 0.25) is 0 Å². The average molecular weight is 444 g/mol. The Labute approximate surface area is 190 Å². The zero-order valence-electron chi connectivity index (χ0n) is 18.8. The number of carbonyl (C=O) groups is 2. The second kappa shape index (κ2) is 7.42. The monoisotopic (exact) mass is 444 g/mol. The van der Waals surface area contributed by atoms with Crippen LogP contribution in [0.1, 0.15) is 32.8 Å². The number of carbonyl (C=O) groups excluding carboxylic acids is 2. The van der Waals surface area contributed by atoms with Gasteiger partial charge in [-0.05, 0) is 43.2 Å². The minimum absolute atomic E-state index is 0.0726. The highest BCUT2D eigenvalue weighted by Crippen LogP contribution is 2.52. The van der Waals surface area contributed by atoms with Crippen molar-refractivity contribution in [3.63, 3.8) is 0 Å². The Kier molecular flexibility index (Phi) is 4.76. The minimum Gasteiger partial charge on any atom is -0.450 e. The van der Waals surface area contributed by atoms with Gasteiger partial charge in [-0.3, -0.25) is 14.4 Å². The Bertz CT molecular complexity index is 1410. The fourth-order valence-corrected chi connectivity index (χ4v) is 5.04. The maximum Gasteiger partial charge on any atom is 0.291 e. The van der Waals surface area contributed by atoms with Gasteiger partial charge in [-0.2, -0.15) is 0 Å². The molecule has 2 aliphatic heterocycles. The summed E-state index contributed by atoms with van der Waals surface area (Å²) in [5, 5.41) is 0.352. The van der Waals surface area contributed by atoms with Crippen LogP contribution in [0.25, 0.3) is 11.0 Å². The normalized spacial score (nSPS) is 19.0. The van der Waals surface area contributed by atoms with Gasteiger partial charge in [0.25, 0.3) is 11.8 Å². The molecular weight excluding hydrogens is 420 g/mol. The quantitative estimate of drug-likeness (QED) is 0.564. The second-order valence-electron chi connectivity index (χ2n) is 8.45. The number of hydrogen-bond acceptors (Lipinski definition) is 5. The summed E-state index contributed by atoms with van der Waals surface area (Å²) in [6, 6.07) is 10.8. The number of fused-ring (bicyclic) bond motifs is 5. The standard InChI is InChI=1S/C26H24N2O5/c1-5-10-27-19-9-7-6-8-18(19)26(25(27)31)21-22(29)17-13-15(2)16(3)14-20(17)33-23(21)24(30)28(26)11-12-32-4/h5-9,13-14H,1,10-12H2,2-4H3. The number of hydrogen-bond donors (Lipinski definition) is 0. The molecule has 0 saturated heterocycles. The molecule has 1 spiro atoms. The number of methoxy groups -OCH3 is 1. The van der Waals surface area contributed by atoms with Crippen LogP contribution < -0.4 is 10.3 Å². The van der Waals surface area contributed by atoms with E-state index in [-0.39, 0.29) is 42.4 Å². The van der Waals surface area contributed by atoms with Crippen LogP contribution in [-0.4, -0.2) is 43.5 Å². The molecule has 168 valence electrons. The van der Waals surface area contributed by atoms with E-state index in [1.165, 1.54) is 12.0 Å². The van der Waals surface area contributed by atoms with Crippen molar-refractivity contribution in [1.29, 1.82) is 0 Å². The highest BCUT2D eigenvalue weighted by molar-refractivity contribution is 6.17. The molecule has 2 aliphatic rings. The summed E-state index contributed by atoms with van der Waals surface area (Å²) in [6.45, 7) is 8.17. The van der Waals surface area contributed by atoms with Crippen molar-refractivity contribution in [2.75, 3.05) is 31.7 Å². The van der Waals surface area contributed by atoms with Crippen LogP contribution in [0.3, 0.4) is 0 Å². The number of amides is 2. The number of ether oxygens (including phenoxy) is 1. The topological polar surface area (TPSA) is 80.1 Å². The van der Waals surface area contributed by atoms with Gasteiger partial charge in [0.05, 0.1) is 23.2 Å². The maximum absolute atomic E-state index is 14.1. The van der Waals surface area contributed by atoms with E-state index < -0.39 is 11.4 Å². The largest absolute Gasteiger partial charge is 0.450 e. The first-order valence-electron chi connectivity index (χ1n) is 10.8. The average Bonchev–Trinajstić information content (AvgIpc) is 3.19. The van der Waals surface area contributed by atoms with Gasteiger partial charge < -0.3 is 19.0 Å². The molecule has 0 aliphatic carbocycles. The van der Waals surface area contributed by atoms with Crippen LogP contribution >= 0.6 is 0 Å². The Hall–Kier alpha value is -3.71. The first-order valence-corrected chi connectivity index (χ1v) is 10.8. The lowest BCUT2D eigenvalue weighted by atomic mass is 9.84. The van der Waals surface area contributed by atoms with Crippen molar-refractivity contribution in [2.45, 2.75) is 19.4 Å². The summed E-state index contributed by atoms with van der Waals surface area (Å²) in [6.07, 6.45) is 1.62. The lowest BCUT2D eigenvalue weighted by molar-refractivity contribution is -0.126. The third kappa shape index (κ3) is 2.63. The molecule has 7 heteroatoms. The van der Waals surface area contributed by atoms with Crippen LogP contribution in [0.15, 0.2) is 58.3 Å². The number of aryl methyl sites for hydroxylation is 2. The summed E-state index contributed by atoms with van der Waals surface area (Å²) >= 11 is 0. The lowest BCUT2D eigenvalue weighted by Crippen LogP contribution is -2.54. The van der Waals surface area contributed by atoms with Crippen LogP contribution in [0, 0.1) is 13.8 Å². The Morgan fingerprint density at radius 3 is 2.58 bits per heavy atom. The van der Waals surface area contributed by atoms with Gasteiger partial charge in [-0.15, -0.1) is 6.58 Å². The third-order valence-electron chi connectivity index (χ3n) is 6.68. The highest BCUT2D eigenvalue weighted by atomic mass is 16.5. The second-order valence-corrected chi connectivity index (χ2v) is 8.45. The number of nitrogens with zero attached hydrogens (tertiary/aromatic N) is 2. The van der Waals surface area contributed by atoms with Crippen molar-refractivity contribution < 1.29 is 18.7 Å². The molecule has 3 aromatic rings. The number of rotatable bonds is 5. The SMILES string of the molecule is C=CCN1C(=O)C2(c3ccccc31)c1c(oc3cc(C)c(C)cc3c1=O)C(=O)N2CCOC. The first-order chi connectivity index (χ1) is 15.9. The van der Waals surface area contributed by atoms with E-state index in [4.69, 9.17) is 9.15 Å².